The third-order valence-electron chi connectivity index (χ3n) is 1.78. The third kappa shape index (κ3) is 1.22. The minimum atomic E-state index is -0.527. The summed E-state index contributed by atoms with van der Waals surface area (Å²) in [5.74, 6) is -0.788. The Kier molecular flexibility index (Phi) is 2.09. The van der Waals surface area contributed by atoms with Crippen molar-refractivity contribution >= 4 is 23.2 Å². The van der Waals surface area contributed by atoms with Crippen molar-refractivity contribution in [3.63, 3.8) is 0 Å². The Labute approximate surface area is 83.5 Å². The van der Waals surface area contributed by atoms with Gasteiger partial charge in [-0.15, -0.1) is 21.4 Å². The maximum absolute atomic E-state index is 11.5. The molecule has 0 atom stereocenters. The van der Waals surface area contributed by atoms with Crippen molar-refractivity contribution in [2.24, 2.45) is 0 Å². The van der Waals surface area contributed by atoms with Crippen molar-refractivity contribution in [2.45, 2.75) is 0 Å². The Morgan fingerprint density at radius 1 is 1.50 bits per heavy atom. The number of carbonyl (C=O) groups excluding carboxylic acids is 1. The van der Waals surface area contributed by atoms with Gasteiger partial charge in [0.25, 0.3) is 5.91 Å². The smallest absolute Gasteiger partial charge is 0.271 e. The van der Waals surface area contributed by atoms with E-state index in [1.54, 1.807) is 24.4 Å². The normalized spacial score (nSPS) is 10.6. The van der Waals surface area contributed by atoms with Gasteiger partial charge in [-0.05, 0) is 12.1 Å². The van der Waals surface area contributed by atoms with Crippen molar-refractivity contribution in [3.8, 4) is 0 Å². The summed E-state index contributed by atoms with van der Waals surface area (Å²) in [4.78, 5) is 22.7. The van der Waals surface area contributed by atoms with E-state index in [-0.39, 0.29) is 5.88 Å². The number of carbonyl (C=O) groups is 1. The van der Waals surface area contributed by atoms with Crippen LogP contribution in [0.5, 0.6) is 0 Å². The standard InChI is InChI=1S/C8H6ClN3O2/c9-5-7(13)12-8(14)11-4-2-1-3-6(11)10-12/h1-4H,5H2. The lowest BCUT2D eigenvalue weighted by Crippen LogP contribution is -2.28. The molecule has 0 aromatic carbocycles. The number of alkyl halides is 1. The second-order valence-corrected chi connectivity index (χ2v) is 2.92. The molecule has 6 heteroatoms. The summed E-state index contributed by atoms with van der Waals surface area (Å²) in [5, 5.41) is 3.82. The van der Waals surface area contributed by atoms with Crippen molar-refractivity contribution in [3.05, 3.63) is 34.9 Å². The lowest BCUT2D eigenvalue weighted by molar-refractivity contribution is 0.0920. The first-order valence-electron chi connectivity index (χ1n) is 3.89. The fourth-order valence-corrected chi connectivity index (χ4v) is 1.26. The summed E-state index contributed by atoms with van der Waals surface area (Å²) in [6, 6.07) is 5.06. The third-order valence-corrected chi connectivity index (χ3v) is 2.01. The van der Waals surface area contributed by atoms with Crippen LogP contribution in [0.2, 0.25) is 0 Å². The van der Waals surface area contributed by atoms with Gasteiger partial charge >= 0.3 is 5.69 Å². The van der Waals surface area contributed by atoms with Gasteiger partial charge in [0, 0.05) is 6.20 Å². The summed E-state index contributed by atoms with van der Waals surface area (Å²) in [7, 11) is 0. The number of pyridine rings is 1. The van der Waals surface area contributed by atoms with Crippen LogP contribution in [0.3, 0.4) is 0 Å². The first kappa shape index (κ1) is 8.96. The van der Waals surface area contributed by atoms with E-state index in [0.717, 1.165) is 4.68 Å². The lowest BCUT2D eigenvalue weighted by atomic mass is 10.5. The van der Waals surface area contributed by atoms with E-state index in [1.165, 1.54) is 4.40 Å². The van der Waals surface area contributed by atoms with E-state index in [0.29, 0.717) is 5.65 Å². The minimum absolute atomic E-state index is 0.260. The van der Waals surface area contributed by atoms with Crippen LogP contribution >= 0.6 is 11.6 Å². The van der Waals surface area contributed by atoms with E-state index in [1.807, 2.05) is 0 Å². The minimum Gasteiger partial charge on any atom is -0.271 e. The zero-order chi connectivity index (χ0) is 10.1. The summed E-state index contributed by atoms with van der Waals surface area (Å²) >= 11 is 5.33. The SMILES string of the molecule is O=C(CCl)n1nc2ccccn2c1=O. The quantitative estimate of drug-likeness (QED) is 0.641. The molecule has 0 aliphatic rings. The number of nitrogens with zero attached hydrogens (tertiary/aromatic N) is 3. The molecule has 0 N–H and O–H groups in total. The van der Waals surface area contributed by atoms with Crippen molar-refractivity contribution < 1.29 is 4.79 Å². The fraction of sp³-hybridized carbons (Fsp3) is 0.125. The van der Waals surface area contributed by atoms with Crippen LogP contribution in [0.25, 0.3) is 5.65 Å². The summed E-state index contributed by atoms with van der Waals surface area (Å²) in [6.07, 6.45) is 1.54. The molecule has 0 aliphatic heterocycles. The highest BCUT2D eigenvalue weighted by atomic mass is 35.5. The largest absolute Gasteiger partial charge is 0.357 e. The van der Waals surface area contributed by atoms with Gasteiger partial charge in [-0.2, -0.15) is 0 Å². The van der Waals surface area contributed by atoms with Crippen molar-refractivity contribution in [2.75, 3.05) is 5.88 Å². The van der Waals surface area contributed by atoms with Gasteiger partial charge in [0.2, 0.25) is 0 Å². The number of fused-ring (bicyclic) bond motifs is 1. The van der Waals surface area contributed by atoms with E-state index in [4.69, 9.17) is 11.6 Å². The molecule has 0 radical (unpaired) electrons. The number of halogens is 1. The van der Waals surface area contributed by atoms with E-state index >= 15 is 0 Å². The molecule has 0 bridgehead atoms. The Morgan fingerprint density at radius 2 is 2.29 bits per heavy atom. The lowest BCUT2D eigenvalue weighted by Gasteiger charge is -1.89. The Morgan fingerprint density at radius 3 is 2.93 bits per heavy atom. The molecule has 2 aromatic heterocycles. The first-order valence-corrected chi connectivity index (χ1v) is 4.43. The van der Waals surface area contributed by atoms with Crippen molar-refractivity contribution in [1.29, 1.82) is 0 Å². The van der Waals surface area contributed by atoms with E-state index in [2.05, 4.69) is 5.10 Å². The molecule has 2 aromatic rings. The maximum Gasteiger partial charge on any atom is 0.357 e. The number of aromatic nitrogens is 3. The van der Waals surface area contributed by atoms with Gasteiger partial charge in [-0.1, -0.05) is 6.07 Å². The highest BCUT2D eigenvalue weighted by Gasteiger charge is 2.11. The van der Waals surface area contributed by atoms with Crippen LogP contribution in [-0.4, -0.2) is 26.0 Å². The van der Waals surface area contributed by atoms with Crippen LogP contribution in [0.1, 0.15) is 4.79 Å². The molecule has 0 saturated heterocycles. The molecule has 0 spiro atoms. The predicted molar refractivity (Wildman–Crippen MR) is 50.8 cm³/mol. The average molecular weight is 212 g/mol. The molecule has 0 unspecified atom stereocenters. The van der Waals surface area contributed by atoms with Gasteiger partial charge in [0.1, 0.15) is 5.88 Å². The van der Waals surface area contributed by atoms with Crippen LogP contribution in [0.4, 0.5) is 0 Å². The topological polar surface area (TPSA) is 56.4 Å². The highest BCUT2D eigenvalue weighted by molar-refractivity contribution is 6.27. The fourth-order valence-electron chi connectivity index (χ4n) is 1.14. The Bertz CT molecular complexity index is 543. The molecular weight excluding hydrogens is 206 g/mol. The first-order chi connectivity index (χ1) is 6.74. The van der Waals surface area contributed by atoms with Crippen LogP contribution in [-0.2, 0) is 0 Å². The second kappa shape index (κ2) is 3.26. The Hall–Kier alpha value is -1.62. The molecule has 5 nitrogen and oxygen atoms in total. The van der Waals surface area contributed by atoms with Gasteiger partial charge in [0.05, 0.1) is 0 Å². The van der Waals surface area contributed by atoms with Gasteiger partial charge in [0.15, 0.2) is 5.65 Å². The molecule has 2 heterocycles. The average Bonchev–Trinajstić information content (AvgIpc) is 2.56. The predicted octanol–water partition coefficient (Wildman–Crippen LogP) is 0.375. The number of rotatable bonds is 1. The monoisotopic (exact) mass is 211 g/mol. The zero-order valence-corrected chi connectivity index (χ0v) is 7.81. The van der Waals surface area contributed by atoms with E-state index < -0.39 is 11.6 Å². The Balaban J connectivity index is 2.75. The summed E-state index contributed by atoms with van der Waals surface area (Å²) in [6.45, 7) is 0. The molecule has 0 amide bonds. The molecule has 2 rings (SSSR count). The molecule has 0 aliphatic carbocycles. The zero-order valence-electron chi connectivity index (χ0n) is 7.05. The molecule has 72 valence electrons. The molecule has 14 heavy (non-hydrogen) atoms. The van der Waals surface area contributed by atoms with Gasteiger partial charge in [-0.3, -0.25) is 4.79 Å². The number of hydrogen-bond donors (Lipinski definition) is 0. The summed E-state index contributed by atoms with van der Waals surface area (Å²) < 4.78 is 2.05. The summed E-state index contributed by atoms with van der Waals surface area (Å²) in [5.41, 5.74) is -0.0674. The molecular formula is C8H6ClN3O2. The molecule has 0 fully saturated rings. The van der Waals surface area contributed by atoms with Gasteiger partial charge in [-0.25, -0.2) is 9.20 Å². The number of hydrogen-bond acceptors (Lipinski definition) is 3. The van der Waals surface area contributed by atoms with Crippen LogP contribution < -0.4 is 5.69 Å². The maximum atomic E-state index is 11.5. The van der Waals surface area contributed by atoms with Crippen LogP contribution in [0, 0.1) is 0 Å². The van der Waals surface area contributed by atoms with Gasteiger partial charge < -0.3 is 0 Å². The second-order valence-electron chi connectivity index (χ2n) is 2.65. The molecule has 0 saturated carbocycles. The van der Waals surface area contributed by atoms with E-state index in [9.17, 15) is 9.59 Å². The van der Waals surface area contributed by atoms with Crippen LogP contribution in [0.15, 0.2) is 29.2 Å². The van der Waals surface area contributed by atoms with Crippen molar-refractivity contribution in [1.82, 2.24) is 14.2 Å². The highest BCUT2D eigenvalue weighted by Crippen LogP contribution is 1.95.